The summed E-state index contributed by atoms with van der Waals surface area (Å²) in [5.74, 6) is 0.257. The molecule has 1 saturated heterocycles. The predicted molar refractivity (Wildman–Crippen MR) is 75.2 cm³/mol. The number of halogens is 3. The summed E-state index contributed by atoms with van der Waals surface area (Å²) in [6.45, 7) is -1.25. The number of rotatable bonds is 3. The summed E-state index contributed by atoms with van der Waals surface area (Å²) in [6, 6.07) is 8.02. The summed E-state index contributed by atoms with van der Waals surface area (Å²) in [5, 5.41) is 0. The monoisotopic (exact) mass is 297 g/mol. The molecule has 0 aromatic heterocycles. The van der Waals surface area contributed by atoms with Crippen LogP contribution in [0.25, 0.3) is 5.57 Å². The van der Waals surface area contributed by atoms with Gasteiger partial charge in [0, 0.05) is 12.1 Å². The molecule has 2 bridgehead atoms. The zero-order valence-electron chi connectivity index (χ0n) is 11.9. The SMILES string of the molecule is CN1C2C=C(c3ccc(OCC(F)(F)F)cc3)CC1CC2. The van der Waals surface area contributed by atoms with Crippen molar-refractivity contribution in [3.05, 3.63) is 35.9 Å². The largest absolute Gasteiger partial charge is 0.484 e. The third-order valence-electron chi connectivity index (χ3n) is 4.37. The molecule has 2 unspecified atom stereocenters. The summed E-state index contributed by atoms with van der Waals surface area (Å²) >= 11 is 0. The number of ether oxygens (including phenoxy) is 1. The first kappa shape index (κ1) is 14.4. The zero-order chi connectivity index (χ0) is 15.0. The average Bonchev–Trinajstić information content (AvgIpc) is 2.66. The second-order valence-electron chi connectivity index (χ2n) is 5.79. The number of hydrogen-bond donors (Lipinski definition) is 0. The fraction of sp³-hybridized carbons (Fsp3) is 0.500. The lowest BCUT2D eigenvalue weighted by Gasteiger charge is -2.30. The summed E-state index contributed by atoms with van der Waals surface area (Å²) in [4.78, 5) is 2.41. The minimum Gasteiger partial charge on any atom is -0.484 e. The molecule has 2 atom stereocenters. The highest BCUT2D eigenvalue weighted by Crippen LogP contribution is 2.37. The van der Waals surface area contributed by atoms with Crippen LogP contribution in [-0.4, -0.2) is 36.8 Å². The normalized spacial score (nSPS) is 25.8. The fourth-order valence-electron chi connectivity index (χ4n) is 3.19. The molecular formula is C16H18F3NO. The Morgan fingerprint density at radius 1 is 1.19 bits per heavy atom. The molecule has 0 saturated carbocycles. The number of alkyl halides is 3. The lowest BCUT2D eigenvalue weighted by molar-refractivity contribution is -0.153. The van der Waals surface area contributed by atoms with Crippen LogP contribution in [0, 0.1) is 0 Å². The number of likely N-dealkylation sites (N-methyl/N-ethyl adjacent to an activating group) is 1. The van der Waals surface area contributed by atoms with Crippen molar-refractivity contribution >= 4 is 5.57 Å². The lowest BCUT2D eigenvalue weighted by atomic mass is 9.95. The van der Waals surface area contributed by atoms with Crippen LogP contribution in [0.1, 0.15) is 24.8 Å². The summed E-state index contributed by atoms with van der Waals surface area (Å²) in [7, 11) is 2.16. The molecule has 2 aliphatic rings. The van der Waals surface area contributed by atoms with Crippen LogP contribution in [0.15, 0.2) is 30.3 Å². The molecular weight excluding hydrogens is 279 g/mol. The highest BCUT2D eigenvalue weighted by molar-refractivity contribution is 5.68. The minimum absolute atomic E-state index is 0.257. The maximum atomic E-state index is 12.1. The highest BCUT2D eigenvalue weighted by atomic mass is 19.4. The van der Waals surface area contributed by atoms with Crippen molar-refractivity contribution in [3.63, 3.8) is 0 Å². The molecule has 21 heavy (non-hydrogen) atoms. The second-order valence-corrected chi connectivity index (χ2v) is 5.79. The first-order valence-corrected chi connectivity index (χ1v) is 7.15. The van der Waals surface area contributed by atoms with E-state index in [1.807, 2.05) is 12.1 Å². The fourth-order valence-corrected chi connectivity index (χ4v) is 3.19. The van der Waals surface area contributed by atoms with Gasteiger partial charge in [0.25, 0.3) is 0 Å². The minimum atomic E-state index is -4.30. The average molecular weight is 297 g/mol. The van der Waals surface area contributed by atoms with E-state index in [9.17, 15) is 13.2 Å². The first-order valence-electron chi connectivity index (χ1n) is 7.15. The Balaban J connectivity index is 1.69. The van der Waals surface area contributed by atoms with Gasteiger partial charge in [-0.05, 0) is 49.6 Å². The molecule has 2 nitrogen and oxygen atoms in total. The smallest absolute Gasteiger partial charge is 0.422 e. The Labute approximate surface area is 122 Å². The molecule has 2 aliphatic heterocycles. The Bertz CT molecular complexity index is 535. The molecule has 0 spiro atoms. The van der Waals surface area contributed by atoms with Gasteiger partial charge in [-0.2, -0.15) is 13.2 Å². The number of nitrogens with zero attached hydrogens (tertiary/aromatic N) is 1. The Morgan fingerprint density at radius 3 is 2.52 bits per heavy atom. The van der Waals surface area contributed by atoms with Crippen molar-refractivity contribution < 1.29 is 17.9 Å². The molecule has 1 aromatic rings. The van der Waals surface area contributed by atoms with Crippen molar-refractivity contribution in [2.45, 2.75) is 37.5 Å². The van der Waals surface area contributed by atoms with Crippen molar-refractivity contribution in [1.82, 2.24) is 4.90 Å². The molecule has 1 aromatic carbocycles. The second kappa shape index (κ2) is 5.37. The standard InChI is InChI=1S/C16H18F3NO/c1-20-13-4-5-14(20)9-12(8-13)11-2-6-15(7-3-11)21-10-16(17,18)19/h2-3,6-8,13-14H,4-5,9-10H2,1H3. The van der Waals surface area contributed by atoms with Gasteiger partial charge in [-0.15, -0.1) is 0 Å². The molecule has 0 radical (unpaired) electrons. The number of hydrogen-bond acceptors (Lipinski definition) is 2. The third kappa shape index (κ3) is 3.23. The molecule has 2 heterocycles. The summed E-state index contributed by atoms with van der Waals surface area (Å²) < 4.78 is 41.0. The molecule has 5 heteroatoms. The molecule has 0 N–H and O–H groups in total. The van der Waals surface area contributed by atoms with Gasteiger partial charge in [-0.1, -0.05) is 18.2 Å². The lowest BCUT2D eigenvalue weighted by Crippen LogP contribution is -2.34. The van der Waals surface area contributed by atoms with Gasteiger partial charge in [0.1, 0.15) is 5.75 Å². The van der Waals surface area contributed by atoms with Crippen LogP contribution in [0.5, 0.6) is 5.75 Å². The quantitative estimate of drug-likeness (QED) is 0.839. The molecule has 0 amide bonds. The maximum absolute atomic E-state index is 12.1. The molecule has 114 valence electrons. The van der Waals surface area contributed by atoms with E-state index in [0.29, 0.717) is 12.1 Å². The Morgan fingerprint density at radius 2 is 1.90 bits per heavy atom. The maximum Gasteiger partial charge on any atom is 0.422 e. The summed E-state index contributed by atoms with van der Waals surface area (Å²) in [6.07, 6.45) is 1.41. The van der Waals surface area contributed by atoms with E-state index >= 15 is 0 Å². The van der Waals surface area contributed by atoms with Gasteiger partial charge < -0.3 is 4.74 Å². The van der Waals surface area contributed by atoms with Crippen LogP contribution < -0.4 is 4.74 Å². The van der Waals surface area contributed by atoms with Crippen molar-refractivity contribution in [3.8, 4) is 5.75 Å². The van der Waals surface area contributed by atoms with E-state index < -0.39 is 12.8 Å². The summed E-state index contributed by atoms with van der Waals surface area (Å²) in [5.41, 5.74) is 2.38. The van der Waals surface area contributed by atoms with Crippen LogP contribution in [0.3, 0.4) is 0 Å². The van der Waals surface area contributed by atoms with Crippen LogP contribution in [0.4, 0.5) is 13.2 Å². The van der Waals surface area contributed by atoms with Crippen LogP contribution in [0.2, 0.25) is 0 Å². The van der Waals surface area contributed by atoms with Gasteiger partial charge in [-0.25, -0.2) is 0 Å². The van der Waals surface area contributed by atoms with E-state index in [0.717, 1.165) is 12.0 Å². The van der Waals surface area contributed by atoms with Gasteiger partial charge in [0.05, 0.1) is 0 Å². The first-order chi connectivity index (χ1) is 9.92. The Hall–Kier alpha value is -1.49. The van der Waals surface area contributed by atoms with Gasteiger partial charge in [-0.3, -0.25) is 4.90 Å². The van der Waals surface area contributed by atoms with Gasteiger partial charge in [0.15, 0.2) is 6.61 Å². The van der Waals surface area contributed by atoms with E-state index in [4.69, 9.17) is 4.74 Å². The van der Waals surface area contributed by atoms with Gasteiger partial charge in [0.2, 0.25) is 0 Å². The van der Waals surface area contributed by atoms with E-state index in [-0.39, 0.29) is 5.75 Å². The zero-order valence-corrected chi connectivity index (χ0v) is 11.9. The Kier molecular flexibility index (Phi) is 3.69. The van der Waals surface area contributed by atoms with E-state index in [1.165, 1.54) is 18.4 Å². The van der Waals surface area contributed by atoms with Crippen molar-refractivity contribution in [2.75, 3.05) is 13.7 Å². The van der Waals surface area contributed by atoms with Gasteiger partial charge >= 0.3 is 6.18 Å². The number of fused-ring (bicyclic) bond motifs is 2. The van der Waals surface area contributed by atoms with E-state index in [1.54, 1.807) is 12.1 Å². The molecule has 1 fully saturated rings. The molecule has 3 rings (SSSR count). The van der Waals surface area contributed by atoms with Crippen LogP contribution in [-0.2, 0) is 0 Å². The number of benzene rings is 1. The third-order valence-corrected chi connectivity index (χ3v) is 4.37. The van der Waals surface area contributed by atoms with Crippen molar-refractivity contribution in [2.24, 2.45) is 0 Å². The van der Waals surface area contributed by atoms with Crippen molar-refractivity contribution in [1.29, 1.82) is 0 Å². The molecule has 0 aliphatic carbocycles. The predicted octanol–water partition coefficient (Wildman–Crippen LogP) is 3.88. The van der Waals surface area contributed by atoms with Crippen LogP contribution >= 0.6 is 0 Å². The highest BCUT2D eigenvalue weighted by Gasteiger charge is 2.34. The van der Waals surface area contributed by atoms with E-state index in [2.05, 4.69) is 18.0 Å². The topological polar surface area (TPSA) is 12.5 Å².